The molecule has 0 aromatic heterocycles. The van der Waals surface area contributed by atoms with E-state index in [0.29, 0.717) is 18.2 Å². The second kappa shape index (κ2) is 4.89. The number of piperidine rings is 1. The van der Waals surface area contributed by atoms with Gasteiger partial charge in [0.25, 0.3) is 0 Å². The van der Waals surface area contributed by atoms with E-state index in [-0.39, 0.29) is 5.91 Å². The minimum atomic E-state index is 0.273. The number of amides is 1. The average molecular weight is 201 g/mol. The number of thiol groups is 1. The van der Waals surface area contributed by atoms with Crippen LogP contribution in [0, 0.1) is 5.92 Å². The summed E-state index contributed by atoms with van der Waals surface area (Å²) in [6, 6.07) is 0.427. The van der Waals surface area contributed by atoms with Crippen LogP contribution in [0.1, 0.15) is 33.1 Å². The van der Waals surface area contributed by atoms with Crippen LogP contribution in [0.25, 0.3) is 0 Å². The fourth-order valence-corrected chi connectivity index (χ4v) is 2.21. The molecule has 13 heavy (non-hydrogen) atoms. The highest BCUT2D eigenvalue weighted by molar-refractivity contribution is 7.80. The molecule has 1 heterocycles. The minimum absolute atomic E-state index is 0.273. The molecule has 2 unspecified atom stereocenters. The van der Waals surface area contributed by atoms with E-state index in [1.54, 1.807) is 0 Å². The lowest BCUT2D eigenvalue weighted by Gasteiger charge is -2.36. The molecular formula is C10H19NOS. The fraction of sp³-hybridized carbons (Fsp3) is 0.900. The van der Waals surface area contributed by atoms with Crippen LogP contribution < -0.4 is 0 Å². The number of hydrogen-bond acceptors (Lipinski definition) is 2. The van der Waals surface area contributed by atoms with Crippen LogP contribution in [-0.4, -0.2) is 29.1 Å². The molecule has 1 aliphatic rings. The molecule has 1 fully saturated rings. The zero-order valence-electron chi connectivity index (χ0n) is 8.49. The van der Waals surface area contributed by atoms with Crippen molar-refractivity contribution in [3.05, 3.63) is 0 Å². The van der Waals surface area contributed by atoms with Crippen molar-refractivity contribution in [3.63, 3.8) is 0 Å². The topological polar surface area (TPSA) is 20.3 Å². The summed E-state index contributed by atoms with van der Waals surface area (Å²) in [6.07, 6.45) is 2.89. The first-order valence-electron chi connectivity index (χ1n) is 5.05. The first-order chi connectivity index (χ1) is 6.15. The highest BCUT2D eigenvalue weighted by Gasteiger charge is 2.25. The van der Waals surface area contributed by atoms with E-state index in [9.17, 15) is 4.79 Å². The Hall–Kier alpha value is -0.180. The normalized spacial score (nSPS) is 29.0. The predicted molar refractivity (Wildman–Crippen MR) is 58.0 cm³/mol. The van der Waals surface area contributed by atoms with Crippen molar-refractivity contribution >= 4 is 18.5 Å². The molecule has 0 aromatic rings. The summed E-state index contributed by atoms with van der Waals surface area (Å²) in [5.41, 5.74) is 0. The van der Waals surface area contributed by atoms with Gasteiger partial charge < -0.3 is 4.90 Å². The van der Waals surface area contributed by atoms with Crippen LogP contribution in [0.2, 0.25) is 0 Å². The number of carbonyl (C=O) groups is 1. The van der Waals surface area contributed by atoms with Gasteiger partial charge in [-0.15, -0.1) is 0 Å². The Morgan fingerprint density at radius 2 is 2.23 bits per heavy atom. The molecule has 0 bridgehead atoms. The monoisotopic (exact) mass is 201 g/mol. The molecule has 0 radical (unpaired) electrons. The number of likely N-dealkylation sites (tertiary alicyclic amines) is 1. The maximum Gasteiger partial charge on any atom is 0.223 e. The van der Waals surface area contributed by atoms with Crippen LogP contribution in [-0.2, 0) is 4.79 Å². The molecule has 0 saturated carbocycles. The van der Waals surface area contributed by atoms with E-state index >= 15 is 0 Å². The first kappa shape index (κ1) is 10.9. The van der Waals surface area contributed by atoms with E-state index in [1.807, 2.05) is 4.90 Å². The number of carbonyl (C=O) groups excluding carboxylic acids is 1. The molecule has 1 amide bonds. The third kappa shape index (κ3) is 2.90. The smallest absolute Gasteiger partial charge is 0.223 e. The van der Waals surface area contributed by atoms with Crippen molar-refractivity contribution < 1.29 is 4.79 Å². The van der Waals surface area contributed by atoms with Gasteiger partial charge in [-0.2, -0.15) is 12.6 Å². The second-order valence-electron chi connectivity index (χ2n) is 4.04. The van der Waals surface area contributed by atoms with Gasteiger partial charge in [0.15, 0.2) is 0 Å². The molecule has 0 aromatic carbocycles. The average Bonchev–Trinajstić information content (AvgIpc) is 2.04. The summed E-state index contributed by atoms with van der Waals surface area (Å²) >= 11 is 4.08. The minimum Gasteiger partial charge on any atom is -0.340 e. The van der Waals surface area contributed by atoms with Gasteiger partial charge in [0.1, 0.15) is 0 Å². The Morgan fingerprint density at radius 1 is 1.54 bits per heavy atom. The maximum atomic E-state index is 11.6. The van der Waals surface area contributed by atoms with E-state index in [0.717, 1.165) is 25.3 Å². The largest absolute Gasteiger partial charge is 0.340 e. The van der Waals surface area contributed by atoms with E-state index in [1.165, 1.54) is 0 Å². The predicted octanol–water partition coefficient (Wildman–Crippen LogP) is 1.95. The van der Waals surface area contributed by atoms with Gasteiger partial charge in [-0.1, -0.05) is 6.92 Å². The third-order valence-corrected chi connectivity index (χ3v) is 3.01. The lowest BCUT2D eigenvalue weighted by Crippen LogP contribution is -2.44. The van der Waals surface area contributed by atoms with E-state index in [2.05, 4.69) is 26.5 Å². The molecule has 1 rings (SSSR count). The summed E-state index contributed by atoms with van der Waals surface area (Å²) in [7, 11) is 0. The zero-order chi connectivity index (χ0) is 9.84. The number of nitrogens with zero attached hydrogens (tertiary/aromatic N) is 1. The molecule has 1 aliphatic heterocycles. The third-order valence-electron chi connectivity index (χ3n) is 2.78. The standard InChI is InChI=1S/C10H19NOS/c1-8-3-5-11(9(2)7-8)10(12)4-6-13/h8-9,13H,3-7H2,1-2H3. The van der Waals surface area contributed by atoms with Gasteiger partial charge in [-0.3, -0.25) is 4.79 Å². The highest BCUT2D eigenvalue weighted by Crippen LogP contribution is 2.22. The lowest BCUT2D eigenvalue weighted by molar-refractivity contribution is -0.134. The van der Waals surface area contributed by atoms with Gasteiger partial charge in [-0.05, 0) is 31.4 Å². The fourth-order valence-electron chi connectivity index (χ4n) is 2.02. The highest BCUT2D eigenvalue weighted by atomic mass is 32.1. The summed E-state index contributed by atoms with van der Waals surface area (Å²) in [4.78, 5) is 13.6. The molecular weight excluding hydrogens is 182 g/mol. The summed E-state index contributed by atoms with van der Waals surface area (Å²) in [5.74, 6) is 1.71. The second-order valence-corrected chi connectivity index (χ2v) is 4.49. The quantitative estimate of drug-likeness (QED) is 0.677. The Kier molecular flexibility index (Phi) is 4.10. The number of hydrogen-bond donors (Lipinski definition) is 1. The van der Waals surface area contributed by atoms with Crippen molar-refractivity contribution in [2.45, 2.75) is 39.2 Å². The van der Waals surface area contributed by atoms with Crippen LogP contribution >= 0.6 is 12.6 Å². The zero-order valence-corrected chi connectivity index (χ0v) is 9.39. The molecule has 0 spiro atoms. The molecule has 3 heteroatoms. The molecule has 2 nitrogen and oxygen atoms in total. The van der Waals surface area contributed by atoms with Crippen molar-refractivity contribution in [1.29, 1.82) is 0 Å². The summed E-state index contributed by atoms with van der Waals surface area (Å²) in [5, 5.41) is 0. The SMILES string of the molecule is CC1CCN(C(=O)CCS)C(C)C1. The molecule has 0 N–H and O–H groups in total. The Labute approximate surface area is 86.1 Å². The Morgan fingerprint density at radius 3 is 2.77 bits per heavy atom. The van der Waals surface area contributed by atoms with Crippen molar-refractivity contribution in [2.24, 2.45) is 5.92 Å². The summed E-state index contributed by atoms with van der Waals surface area (Å²) in [6.45, 7) is 5.35. The van der Waals surface area contributed by atoms with Crippen molar-refractivity contribution in [2.75, 3.05) is 12.3 Å². The Bertz CT molecular complexity index is 184. The van der Waals surface area contributed by atoms with Crippen molar-refractivity contribution in [1.82, 2.24) is 4.90 Å². The maximum absolute atomic E-state index is 11.6. The van der Waals surface area contributed by atoms with E-state index in [4.69, 9.17) is 0 Å². The van der Waals surface area contributed by atoms with Crippen LogP contribution in [0.15, 0.2) is 0 Å². The van der Waals surface area contributed by atoms with Crippen LogP contribution in [0.4, 0.5) is 0 Å². The van der Waals surface area contributed by atoms with Crippen molar-refractivity contribution in [3.8, 4) is 0 Å². The van der Waals surface area contributed by atoms with Crippen LogP contribution in [0.5, 0.6) is 0 Å². The first-order valence-corrected chi connectivity index (χ1v) is 5.68. The number of rotatable bonds is 2. The van der Waals surface area contributed by atoms with Gasteiger partial charge in [0.2, 0.25) is 5.91 Å². The lowest BCUT2D eigenvalue weighted by atomic mass is 9.93. The molecule has 2 atom stereocenters. The van der Waals surface area contributed by atoms with Gasteiger partial charge >= 0.3 is 0 Å². The van der Waals surface area contributed by atoms with E-state index < -0.39 is 0 Å². The molecule has 76 valence electrons. The van der Waals surface area contributed by atoms with Gasteiger partial charge in [0, 0.05) is 19.0 Å². The molecule has 1 saturated heterocycles. The van der Waals surface area contributed by atoms with Gasteiger partial charge in [0.05, 0.1) is 0 Å². The summed E-state index contributed by atoms with van der Waals surface area (Å²) < 4.78 is 0. The molecule has 0 aliphatic carbocycles. The van der Waals surface area contributed by atoms with Crippen LogP contribution in [0.3, 0.4) is 0 Å². The van der Waals surface area contributed by atoms with Gasteiger partial charge in [-0.25, -0.2) is 0 Å². The Balaban J connectivity index is 2.45.